The van der Waals surface area contributed by atoms with E-state index in [1.165, 1.54) is 25.7 Å². The van der Waals surface area contributed by atoms with Crippen LogP contribution in [-0.2, 0) is 4.79 Å². The van der Waals surface area contributed by atoms with Crippen molar-refractivity contribution < 1.29 is 4.79 Å². The maximum atomic E-state index is 12.3. The summed E-state index contributed by atoms with van der Waals surface area (Å²) >= 11 is 0. The van der Waals surface area contributed by atoms with Gasteiger partial charge in [0, 0.05) is 32.6 Å². The molecule has 0 radical (unpaired) electrons. The van der Waals surface area contributed by atoms with Crippen molar-refractivity contribution in [1.82, 2.24) is 9.80 Å². The number of rotatable bonds is 4. The van der Waals surface area contributed by atoms with Crippen LogP contribution in [0.1, 0.15) is 39.0 Å². The van der Waals surface area contributed by atoms with E-state index in [2.05, 4.69) is 16.7 Å². The third kappa shape index (κ3) is 4.18. The van der Waals surface area contributed by atoms with E-state index in [0.717, 1.165) is 45.7 Å². The molecule has 110 valence electrons. The van der Waals surface area contributed by atoms with Crippen molar-refractivity contribution in [2.45, 2.75) is 39.0 Å². The lowest BCUT2D eigenvalue weighted by atomic mass is 9.80. The highest BCUT2D eigenvalue weighted by Crippen LogP contribution is 2.30. The van der Waals surface area contributed by atoms with E-state index in [0.29, 0.717) is 17.7 Å². The summed E-state index contributed by atoms with van der Waals surface area (Å²) in [5.41, 5.74) is 5.71. The molecule has 1 heterocycles. The molecule has 1 amide bonds. The van der Waals surface area contributed by atoms with E-state index in [1.807, 2.05) is 0 Å². The second-order valence-electron chi connectivity index (χ2n) is 6.14. The first-order chi connectivity index (χ1) is 9.22. The van der Waals surface area contributed by atoms with Gasteiger partial charge in [0.25, 0.3) is 0 Å². The molecule has 0 aromatic carbocycles. The molecule has 4 heteroatoms. The minimum atomic E-state index is 0.381. The second kappa shape index (κ2) is 7.25. The summed E-state index contributed by atoms with van der Waals surface area (Å²) in [7, 11) is 0. The minimum Gasteiger partial charge on any atom is -0.340 e. The van der Waals surface area contributed by atoms with E-state index in [4.69, 9.17) is 5.73 Å². The van der Waals surface area contributed by atoms with E-state index < -0.39 is 0 Å². The highest BCUT2D eigenvalue weighted by molar-refractivity contribution is 5.76. The van der Waals surface area contributed by atoms with Crippen LogP contribution >= 0.6 is 0 Å². The fourth-order valence-corrected chi connectivity index (χ4v) is 3.36. The van der Waals surface area contributed by atoms with Crippen LogP contribution in [0.2, 0.25) is 0 Å². The topological polar surface area (TPSA) is 49.6 Å². The Bertz CT molecular complexity index is 279. The first kappa shape index (κ1) is 14.8. The lowest BCUT2D eigenvalue weighted by molar-refractivity contribution is -0.134. The molecule has 1 saturated heterocycles. The molecule has 1 aliphatic carbocycles. The van der Waals surface area contributed by atoms with Gasteiger partial charge in [0.2, 0.25) is 5.91 Å². The fraction of sp³-hybridized carbons (Fsp3) is 0.933. The van der Waals surface area contributed by atoms with Crippen molar-refractivity contribution in [3.05, 3.63) is 0 Å². The lowest BCUT2D eigenvalue weighted by Crippen LogP contribution is -2.48. The number of amides is 1. The first-order valence-corrected chi connectivity index (χ1v) is 7.93. The number of nitrogens with zero attached hydrogens (tertiary/aromatic N) is 2. The van der Waals surface area contributed by atoms with E-state index >= 15 is 0 Å². The van der Waals surface area contributed by atoms with Gasteiger partial charge in [-0.3, -0.25) is 4.79 Å². The van der Waals surface area contributed by atoms with Crippen LogP contribution in [0.15, 0.2) is 0 Å². The molecule has 2 aliphatic rings. The highest BCUT2D eigenvalue weighted by atomic mass is 16.2. The maximum absolute atomic E-state index is 12.3. The fourth-order valence-electron chi connectivity index (χ4n) is 3.36. The third-order valence-corrected chi connectivity index (χ3v) is 4.94. The van der Waals surface area contributed by atoms with E-state index in [-0.39, 0.29) is 0 Å². The third-order valence-electron chi connectivity index (χ3n) is 4.94. The molecule has 0 aromatic rings. The summed E-state index contributed by atoms with van der Waals surface area (Å²) in [6, 6.07) is 0. The summed E-state index contributed by atoms with van der Waals surface area (Å²) in [5.74, 6) is 1.70. The van der Waals surface area contributed by atoms with Crippen molar-refractivity contribution in [2.24, 2.45) is 17.6 Å². The molecular weight excluding hydrogens is 238 g/mol. The van der Waals surface area contributed by atoms with Gasteiger partial charge >= 0.3 is 0 Å². The molecule has 1 saturated carbocycles. The van der Waals surface area contributed by atoms with Gasteiger partial charge in [-0.2, -0.15) is 0 Å². The number of carbonyl (C=O) groups is 1. The predicted octanol–water partition coefficient (Wildman–Crippen LogP) is 1.31. The average molecular weight is 267 g/mol. The molecule has 4 nitrogen and oxygen atoms in total. The zero-order chi connectivity index (χ0) is 13.7. The zero-order valence-corrected chi connectivity index (χ0v) is 12.3. The summed E-state index contributed by atoms with van der Waals surface area (Å²) in [4.78, 5) is 16.8. The maximum Gasteiger partial charge on any atom is 0.222 e. The summed E-state index contributed by atoms with van der Waals surface area (Å²) < 4.78 is 0. The quantitative estimate of drug-likeness (QED) is 0.835. The Morgan fingerprint density at radius 1 is 1.05 bits per heavy atom. The van der Waals surface area contributed by atoms with Gasteiger partial charge < -0.3 is 15.5 Å². The normalized spacial score (nSPS) is 29.5. The van der Waals surface area contributed by atoms with Gasteiger partial charge in [-0.1, -0.05) is 6.92 Å². The predicted molar refractivity (Wildman–Crippen MR) is 77.8 cm³/mol. The van der Waals surface area contributed by atoms with Crippen molar-refractivity contribution in [3.63, 3.8) is 0 Å². The monoisotopic (exact) mass is 267 g/mol. The van der Waals surface area contributed by atoms with Crippen LogP contribution in [0, 0.1) is 11.8 Å². The molecule has 0 atom stereocenters. The molecule has 1 aliphatic heterocycles. The van der Waals surface area contributed by atoms with E-state index in [1.54, 1.807) is 0 Å². The lowest BCUT2D eigenvalue weighted by Gasteiger charge is -2.35. The van der Waals surface area contributed by atoms with Gasteiger partial charge in [0.1, 0.15) is 0 Å². The molecule has 2 rings (SSSR count). The largest absolute Gasteiger partial charge is 0.340 e. The number of likely N-dealkylation sites (N-methyl/N-ethyl adjacent to an activating group) is 1. The Hall–Kier alpha value is -0.610. The van der Waals surface area contributed by atoms with Gasteiger partial charge in [-0.15, -0.1) is 0 Å². The molecule has 0 spiro atoms. The number of piperazine rings is 1. The second-order valence-corrected chi connectivity index (χ2v) is 6.14. The van der Waals surface area contributed by atoms with Crippen LogP contribution in [0.4, 0.5) is 0 Å². The van der Waals surface area contributed by atoms with Crippen molar-refractivity contribution >= 4 is 5.91 Å². The van der Waals surface area contributed by atoms with Gasteiger partial charge in [0.15, 0.2) is 0 Å². The Morgan fingerprint density at radius 3 is 2.16 bits per heavy atom. The molecular formula is C15H29N3O. The Kier molecular flexibility index (Phi) is 5.64. The summed E-state index contributed by atoms with van der Waals surface area (Å²) in [6.45, 7) is 8.04. The molecule has 19 heavy (non-hydrogen) atoms. The summed E-state index contributed by atoms with van der Waals surface area (Å²) in [5, 5.41) is 0. The van der Waals surface area contributed by atoms with Crippen LogP contribution in [0.25, 0.3) is 0 Å². The van der Waals surface area contributed by atoms with Crippen LogP contribution in [0.5, 0.6) is 0 Å². The standard InChI is InChI=1S/C15H29N3O/c1-2-17-7-9-18(10-8-17)15(19)11-13-3-5-14(12-16)6-4-13/h13-14H,2-12,16H2,1H3. The molecule has 2 fully saturated rings. The first-order valence-electron chi connectivity index (χ1n) is 7.93. The zero-order valence-electron chi connectivity index (χ0n) is 12.3. The van der Waals surface area contributed by atoms with Crippen LogP contribution < -0.4 is 5.73 Å². The highest BCUT2D eigenvalue weighted by Gasteiger charge is 2.26. The average Bonchev–Trinajstić information content (AvgIpc) is 2.48. The Labute approximate surface area is 117 Å². The van der Waals surface area contributed by atoms with Crippen molar-refractivity contribution in [1.29, 1.82) is 0 Å². The van der Waals surface area contributed by atoms with Gasteiger partial charge in [-0.05, 0) is 50.6 Å². The van der Waals surface area contributed by atoms with Crippen LogP contribution in [-0.4, -0.2) is 55.0 Å². The van der Waals surface area contributed by atoms with Crippen molar-refractivity contribution in [2.75, 3.05) is 39.3 Å². The molecule has 2 N–H and O–H groups in total. The minimum absolute atomic E-state index is 0.381. The molecule has 0 bridgehead atoms. The van der Waals surface area contributed by atoms with Gasteiger partial charge in [0.05, 0.1) is 0 Å². The molecule has 0 aromatic heterocycles. The van der Waals surface area contributed by atoms with Crippen molar-refractivity contribution in [3.8, 4) is 0 Å². The number of hydrogen-bond acceptors (Lipinski definition) is 3. The van der Waals surface area contributed by atoms with Gasteiger partial charge in [-0.25, -0.2) is 0 Å². The smallest absolute Gasteiger partial charge is 0.222 e. The SMILES string of the molecule is CCN1CCN(C(=O)CC2CCC(CN)CC2)CC1. The molecule has 0 unspecified atom stereocenters. The van der Waals surface area contributed by atoms with E-state index in [9.17, 15) is 4.79 Å². The Balaban J connectivity index is 1.70. The summed E-state index contributed by atoms with van der Waals surface area (Å²) in [6.07, 6.45) is 5.60. The van der Waals surface area contributed by atoms with Crippen LogP contribution in [0.3, 0.4) is 0 Å². The number of carbonyl (C=O) groups excluding carboxylic acids is 1. The Morgan fingerprint density at radius 2 is 1.63 bits per heavy atom. The number of hydrogen-bond donors (Lipinski definition) is 1. The number of nitrogens with two attached hydrogens (primary N) is 1.